The maximum atomic E-state index is 13.3. The number of hydrogen-bond acceptors (Lipinski definition) is 2. The van der Waals surface area contributed by atoms with Crippen molar-refractivity contribution < 1.29 is 8.78 Å². The lowest BCUT2D eigenvalue weighted by Crippen LogP contribution is -2.46. The van der Waals surface area contributed by atoms with Gasteiger partial charge in [0.15, 0.2) is 0 Å². The number of nitrogens with one attached hydrogen (secondary N) is 1. The predicted molar refractivity (Wildman–Crippen MR) is 77.5 cm³/mol. The van der Waals surface area contributed by atoms with Gasteiger partial charge < -0.3 is 5.32 Å². The normalized spacial score (nSPS) is 21.8. The molecule has 1 N–H and O–H groups in total. The SMILES string of the molecule is CC(C)(C)C1CN(Cc2cc(F)cc(F)c2)CCCN1. The smallest absolute Gasteiger partial charge is 0.126 e. The number of rotatable bonds is 2. The van der Waals surface area contributed by atoms with Crippen LogP contribution in [-0.4, -0.2) is 30.6 Å². The molecule has 0 amide bonds. The second-order valence-electron chi connectivity index (χ2n) is 6.74. The van der Waals surface area contributed by atoms with Crippen LogP contribution in [0.4, 0.5) is 8.78 Å². The summed E-state index contributed by atoms with van der Waals surface area (Å²) in [6.07, 6.45) is 1.06. The Morgan fingerprint density at radius 2 is 1.85 bits per heavy atom. The van der Waals surface area contributed by atoms with Crippen molar-refractivity contribution in [2.24, 2.45) is 5.41 Å². The van der Waals surface area contributed by atoms with Crippen LogP contribution in [-0.2, 0) is 6.54 Å². The maximum Gasteiger partial charge on any atom is 0.126 e. The predicted octanol–water partition coefficient (Wildman–Crippen LogP) is 3.17. The Kier molecular flexibility index (Phi) is 4.76. The fourth-order valence-electron chi connectivity index (χ4n) is 2.68. The third kappa shape index (κ3) is 4.25. The van der Waals surface area contributed by atoms with Crippen LogP contribution >= 0.6 is 0 Å². The van der Waals surface area contributed by atoms with Crippen molar-refractivity contribution in [3.63, 3.8) is 0 Å². The van der Waals surface area contributed by atoms with E-state index < -0.39 is 11.6 Å². The van der Waals surface area contributed by atoms with E-state index in [1.165, 1.54) is 12.1 Å². The Labute approximate surface area is 120 Å². The molecule has 1 aromatic carbocycles. The molecule has 0 radical (unpaired) electrons. The summed E-state index contributed by atoms with van der Waals surface area (Å²) in [5.41, 5.74) is 0.882. The van der Waals surface area contributed by atoms with Crippen molar-refractivity contribution >= 4 is 0 Å². The van der Waals surface area contributed by atoms with Crippen molar-refractivity contribution in [2.45, 2.75) is 39.8 Å². The fraction of sp³-hybridized carbons (Fsp3) is 0.625. The highest BCUT2D eigenvalue weighted by Gasteiger charge is 2.28. The Bertz CT molecular complexity index is 434. The first kappa shape index (κ1) is 15.4. The molecular weight excluding hydrogens is 258 g/mol. The third-order valence-electron chi connectivity index (χ3n) is 3.86. The topological polar surface area (TPSA) is 15.3 Å². The second kappa shape index (κ2) is 6.19. The van der Waals surface area contributed by atoms with Crippen LogP contribution in [0.3, 0.4) is 0 Å². The molecule has 2 rings (SSSR count). The molecule has 0 saturated carbocycles. The van der Waals surface area contributed by atoms with Gasteiger partial charge in [0.05, 0.1) is 0 Å². The minimum Gasteiger partial charge on any atom is -0.312 e. The molecule has 20 heavy (non-hydrogen) atoms. The van der Waals surface area contributed by atoms with E-state index in [1.54, 1.807) is 0 Å². The summed E-state index contributed by atoms with van der Waals surface area (Å²) in [4.78, 5) is 2.28. The lowest BCUT2D eigenvalue weighted by Gasteiger charge is -2.33. The molecule has 1 aromatic rings. The number of hydrogen-bond donors (Lipinski definition) is 1. The molecule has 0 aliphatic carbocycles. The lowest BCUT2D eigenvalue weighted by atomic mass is 9.86. The van der Waals surface area contributed by atoms with Gasteiger partial charge in [-0.2, -0.15) is 0 Å². The minimum absolute atomic E-state index is 0.176. The summed E-state index contributed by atoms with van der Waals surface area (Å²) in [5, 5.41) is 3.57. The minimum atomic E-state index is -0.500. The quantitative estimate of drug-likeness (QED) is 0.896. The number of nitrogens with zero attached hydrogens (tertiary/aromatic N) is 1. The third-order valence-corrected chi connectivity index (χ3v) is 3.86. The highest BCUT2D eigenvalue weighted by molar-refractivity contribution is 5.17. The largest absolute Gasteiger partial charge is 0.312 e. The van der Waals surface area contributed by atoms with Gasteiger partial charge in [-0.25, -0.2) is 8.78 Å². The lowest BCUT2D eigenvalue weighted by molar-refractivity contribution is 0.192. The summed E-state index contributed by atoms with van der Waals surface area (Å²) in [6.45, 7) is 10.1. The monoisotopic (exact) mass is 282 g/mol. The number of halogens is 2. The molecule has 1 heterocycles. The molecule has 0 bridgehead atoms. The summed E-state index contributed by atoms with van der Waals surface area (Å²) >= 11 is 0. The maximum absolute atomic E-state index is 13.3. The Hall–Kier alpha value is -1.00. The molecule has 2 nitrogen and oxygen atoms in total. The van der Waals surface area contributed by atoms with E-state index in [4.69, 9.17) is 0 Å². The first-order valence-electron chi connectivity index (χ1n) is 7.25. The molecule has 0 aromatic heterocycles. The molecule has 1 saturated heterocycles. The van der Waals surface area contributed by atoms with Crippen molar-refractivity contribution in [3.05, 3.63) is 35.4 Å². The van der Waals surface area contributed by atoms with Crippen LogP contribution in [0, 0.1) is 17.0 Å². The molecule has 112 valence electrons. The molecule has 0 spiro atoms. The van der Waals surface area contributed by atoms with Gasteiger partial charge in [-0.05, 0) is 42.6 Å². The Morgan fingerprint density at radius 3 is 2.45 bits per heavy atom. The van der Waals surface area contributed by atoms with E-state index in [9.17, 15) is 8.78 Å². The average Bonchev–Trinajstić information content (AvgIpc) is 2.52. The number of benzene rings is 1. The molecule has 1 aliphatic heterocycles. The average molecular weight is 282 g/mol. The van der Waals surface area contributed by atoms with Crippen molar-refractivity contribution in [1.29, 1.82) is 0 Å². The molecule has 1 atom stereocenters. The zero-order chi connectivity index (χ0) is 14.8. The van der Waals surface area contributed by atoms with Crippen molar-refractivity contribution in [2.75, 3.05) is 19.6 Å². The van der Waals surface area contributed by atoms with Crippen LogP contribution in [0.1, 0.15) is 32.8 Å². The van der Waals surface area contributed by atoms with Crippen LogP contribution < -0.4 is 5.32 Å². The van der Waals surface area contributed by atoms with Crippen LogP contribution in [0.15, 0.2) is 18.2 Å². The summed E-state index contributed by atoms with van der Waals surface area (Å²) in [6, 6.07) is 4.16. The van der Waals surface area contributed by atoms with E-state index in [-0.39, 0.29) is 5.41 Å². The van der Waals surface area contributed by atoms with E-state index in [0.29, 0.717) is 18.2 Å². The van der Waals surface area contributed by atoms with Gasteiger partial charge in [-0.1, -0.05) is 20.8 Å². The molecule has 1 unspecified atom stereocenters. The molecule has 4 heteroatoms. The zero-order valence-electron chi connectivity index (χ0n) is 12.5. The van der Waals surface area contributed by atoms with Crippen LogP contribution in [0.25, 0.3) is 0 Å². The molecular formula is C16H24F2N2. The Morgan fingerprint density at radius 1 is 1.20 bits per heavy atom. The highest BCUT2D eigenvalue weighted by Crippen LogP contribution is 2.22. The van der Waals surface area contributed by atoms with E-state index in [0.717, 1.165) is 32.1 Å². The second-order valence-corrected chi connectivity index (χ2v) is 6.74. The van der Waals surface area contributed by atoms with E-state index in [2.05, 4.69) is 31.0 Å². The van der Waals surface area contributed by atoms with E-state index in [1.807, 2.05) is 0 Å². The van der Waals surface area contributed by atoms with Gasteiger partial charge in [0.2, 0.25) is 0 Å². The summed E-state index contributed by atoms with van der Waals surface area (Å²) in [7, 11) is 0. The fourth-order valence-corrected chi connectivity index (χ4v) is 2.68. The van der Waals surface area contributed by atoms with Crippen molar-refractivity contribution in [1.82, 2.24) is 10.2 Å². The van der Waals surface area contributed by atoms with Gasteiger partial charge in [0.25, 0.3) is 0 Å². The van der Waals surface area contributed by atoms with Crippen LogP contribution in [0.5, 0.6) is 0 Å². The van der Waals surface area contributed by atoms with Crippen LogP contribution in [0.2, 0.25) is 0 Å². The van der Waals surface area contributed by atoms with Gasteiger partial charge in [0, 0.05) is 25.2 Å². The van der Waals surface area contributed by atoms with Gasteiger partial charge in [0.1, 0.15) is 11.6 Å². The van der Waals surface area contributed by atoms with Gasteiger partial charge in [-0.3, -0.25) is 4.90 Å². The molecule has 1 fully saturated rings. The zero-order valence-corrected chi connectivity index (χ0v) is 12.5. The van der Waals surface area contributed by atoms with E-state index >= 15 is 0 Å². The Balaban J connectivity index is 2.07. The van der Waals surface area contributed by atoms with Gasteiger partial charge >= 0.3 is 0 Å². The highest BCUT2D eigenvalue weighted by atomic mass is 19.1. The molecule has 1 aliphatic rings. The first-order valence-corrected chi connectivity index (χ1v) is 7.25. The summed E-state index contributed by atoms with van der Waals surface area (Å²) < 4.78 is 26.5. The first-order chi connectivity index (χ1) is 9.34. The van der Waals surface area contributed by atoms with Gasteiger partial charge in [-0.15, -0.1) is 0 Å². The summed E-state index contributed by atoms with van der Waals surface area (Å²) in [5.74, 6) is -0.999. The standard InChI is InChI=1S/C16H24F2N2/c1-16(2,3)15-11-20(6-4-5-19-15)10-12-7-13(17)9-14(18)8-12/h7-9,15,19H,4-6,10-11H2,1-3H3. The van der Waals surface area contributed by atoms with Crippen molar-refractivity contribution in [3.8, 4) is 0 Å².